The fourth-order valence-corrected chi connectivity index (χ4v) is 0.273. The number of rotatable bonds is 2. The second-order valence-electron chi connectivity index (χ2n) is 1.17. The Hall–Kier alpha value is -0.550. The first-order chi connectivity index (χ1) is 3.55. The number of carbonyl (C=O) groups excluding carboxylic acids is 2. The molecule has 8 heavy (non-hydrogen) atoms. The van der Waals surface area contributed by atoms with Crippen molar-refractivity contribution in [2.45, 2.75) is 5.37 Å². The monoisotopic (exact) mass is 134 g/mol. The zero-order valence-electron chi connectivity index (χ0n) is 4.00. The van der Waals surface area contributed by atoms with Gasteiger partial charge in [0.1, 0.15) is 5.37 Å². The Balaban J connectivity index is 3.84. The number of amides is 1. The number of Topliss-reactive ketones (excluding diaryl/α,β-unsaturated/α-hetero) is 1. The van der Waals surface area contributed by atoms with Crippen LogP contribution in [0.1, 0.15) is 0 Å². The predicted molar refractivity (Wildman–Crippen MR) is 31.2 cm³/mol. The minimum Gasteiger partial charge on any atom is -0.363 e. The van der Waals surface area contributed by atoms with Crippen molar-refractivity contribution in [1.29, 1.82) is 0 Å². The Bertz CT molecular complexity index is 122. The van der Waals surface area contributed by atoms with E-state index < -0.39 is 17.1 Å². The number of carbonyl (C=O) groups is 2. The van der Waals surface area contributed by atoms with Crippen LogP contribution in [-0.4, -0.2) is 17.1 Å². The lowest BCUT2D eigenvalue weighted by atomic mass is 10.4. The molecule has 1 amide bonds. The molecule has 4 nitrogen and oxygen atoms in total. The Labute approximate surface area is 51.6 Å². The van der Waals surface area contributed by atoms with Crippen LogP contribution in [0, 0.1) is 0 Å². The highest BCUT2D eigenvalue weighted by Gasteiger charge is 2.13. The Morgan fingerprint density at radius 3 is 1.88 bits per heavy atom. The van der Waals surface area contributed by atoms with Crippen molar-refractivity contribution in [2.24, 2.45) is 11.5 Å². The maximum atomic E-state index is 10.2. The minimum atomic E-state index is -1.08. The topological polar surface area (TPSA) is 86.2 Å². The molecule has 4 N–H and O–H groups in total. The van der Waals surface area contributed by atoms with Gasteiger partial charge in [0.25, 0.3) is 5.91 Å². The van der Waals surface area contributed by atoms with E-state index in [1.54, 1.807) is 0 Å². The zero-order chi connectivity index (χ0) is 6.73. The molecule has 0 saturated carbocycles. The minimum absolute atomic E-state index is 0.867. The molecule has 5 heteroatoms. The summed E-state index contributed by atoms with van der Waals surface area (Å²) in [6.07, 6.45) is 0. The van der Waals surface area contributed by atoms with E-state index in [-0.39, 0.29) is 0 Å². The molecule has 0 aliphatic rings. The van der Waals surface area contributed by atoms with Crippen LogP contribution < -0.4 is 11.5 Å². The third kappa shape index (κ3) is 1.94. The fraction of sp³-hybridized carbons (Fsp3) is 0.333. The van der Waals surface area contributed by atoms with Gasteiger partial charge in [-0.3, -0.25) is 9.59 Å². The molecule has 0 saturated heterocycles. The predicted octanol–water partition coefficient (Wildman–Crippen LogP) is -1.74. The van der Waals surface area contributed by atoms with Gasteiger partial charge in [-0.25, -0.2) is 0 Å². The first kappa shape index (κ1) is 7.45. The molecule has 0 aliphatic heterocycles. The molecule has 46 valence electrons. The van der Waals surface area contributed by atoms with Gasteiger partial charge in [0.15, 0.2) is 0 Å². The van der Waals surface area contributed by atoms with E-state index in [9.17, 15) is 9.59 Å². The second-order valence-corrected chi connectivity index (χ2v) is 1.73. The molecule has 0 aromatic carbocycles. The van der Waals surface area contributed by atoms with Crippen molar-refractivity contribution in [3.05, 3.63) is 0 Å². The van der Waals surface area contributed by atoms with Gasteiger partial charge in [-0.1, -0.05) is 0 Å². The van der Waals surface area contributed by atoms with Crippen molar-refractivity contribution >= 4 is 24.3 Å². The van der Waals surface area contributed by atoms with Gasteiger partial charge in [-0.15, -0.1) is 0 Å². The van der Waals surface area contributed by atoms with E-state index in [2.05, 4.69) is 18.4 Å². The van der Waals surface area contributed by atoms with E-state index in [1.807, 2.05) is 0 Å². The molecule has 1 unspecified atom stereocenters. The molecule has 0 heterocycles. The van der Waals surface area contributed by atoms with E-state index in [0.717, 1.165) is 0 Å². The van der Waals surface area contributed by atoms with Crippen molar-refractivity contribution in [1.82, 2.24) is 0 Å². The van der Waals surface area contributed by atoms with Gasteiger partial charge in [-0.2, -0.15) is 12.6 Å². The van der Waals surface area contributed by atoms with E-state index in [1.165, 1.54) is 0 Å². The highest BCUT2D eigenvalue weighted by atomic mass is 32.1. The van der Waals surface area contributed by atoms with Gasteiger partial charge in [0, 0.05) is 0 Å². The SMILES string of the molecule is NC(=O)C(=O)C(N)S. The molecular weight excluding hydrogens is 128 g/mol. The van der Waals surface area contributed by atoms with E-state index >= 15 is 0 Å². The van der Waals surface area contributed by atoms with Crippen molar-refractivity contribution < 1.29 is 9.59 Å². The highest BCUT2D eigenvalue weighted by molar-refractivity contribution is 7.81. The summed E-state index contributed by atoms with van der Waals surface area (Å²) in [6.45, 7) is 0. The molecule has 0 bridgehead atoms. The Morgan fingerprint density at radius 1 is 1.50 bits per heavy atom. The normalized spacial score (nSPS) is 12.8. The highest BCUT2D eigenvalue weighted by Crippen LogP contribution is 1.83. The first-order valence-corrected chi connectivity index (χ1v) is 2.34. The van der Waals surface area contributed by atoms with Crippen LogP contribution in [0.25, 0.3) is 0 Å². The van der Waals surface area contributed by atoms with Crippen LogP contribution >= 0.6 is 12.6 Å². The third-order valence-electron chi connectivity index (χ3n) is 0.511. The average Bonchev–Trinajstić information content (AvgIpc) is 1.64. The molecule has 1 atom stereocenters. The molecule has 0 spiro atoms. The summed E-state index contributed by atoms with van der Waals surface area (Å²) in [7, 11) is 0. The van der Waals surface area contributed by atoms with Crippen LogP contribution in [-0.2, 0) is 9.59 Å². The first-order valence-electron chi connectivity index (χ1n) is 1.83. The number of nitrogens with two attached hydrogens (primary N) is 2. The van der Waals surface area contributed by atoms with Crippen molar-refractivity contribution in [3.8, 4) is 0 Å². The lowest BCUT2D eigenvalue weighted by Gasteiger charge is -1.94. The molecular formula is C3H6N2O2S. The summed E-state index contributed by atoms with van der Waals surface area (Å²) in [5.74, 6) is -1.92. The molecule has 0 aromatic rings. The molecule has 0 fully saturated rings. The van der Waals surface area contributed by atoms with Crippen LogP contribution in [0.4, 0.5) is 0 Å². The van der Waals surface area contributed by atoms with E-state index in [0.29, 0.717) is 0 Å². The second kappa shape index (κ2) is 2.68. The Morgan fingerprint density at radius 2 is 1.88 bits per heavy atom. The maximum Gasteiger partial charge on any atom is 0.287 e. The zero-order valence-corrected chi connectivity index (χ0v) is 4.89. The number of hydrogen-bond acceptors (Lipinski definition) is 4. The summed E-state index contributed by atoms with van der Waals surface area (Å²) in [5, 5.41) is -1.08. The number of hydrogen-bond donors (Lipinski definition) is 3. The summed E-state index contributed by atoms with van der Waals surface area (Å²) in [4.78, 5) is 20.1. The lowest BCUT2D eigenvalue weighted by molar-refractivity contribution is -0.135. The van der Waals surface area contributed by atoms with Crippen molar-refractivity contribution in [2.75, 3.05) is 0 Å². The van der Waals surface area contributed by atoms with Crippen molar-refractivity contribution in [3.63, 3.8) is 0 Å². The van der Waals surface area contributed by atoms with Gasteiger partial charge in [0.2, 0.25) is 5.78 Å². The summed E-state index contributed by atoms with van der Waals surface area (Å²) in [5.41, 5.74) is 9.37. The molecule has 0 rings (SSSR count). The molecule has 0 radical (unpaired) electrons. The smallest absolute Gasteiger partial charge is 0.287 e. The summed E-state index contributed by atoms with van der Waals surface area (Å²) >= 11 is 3.46. The van der Waals surface area contributed by atoms with E-state index in [4.69, 9.17) is 5.73 Å². The van der Waals surface area contributed by atoms with Gasteiger partial charge < -0.3 is 11.5 Å². The Kier molecular flexibility index (Phi) is 2.50. The van der Waals surface area contributed by atoms with Crippen LogP contribution in [0.2, 0.25) is 0 Å². The number of primary amides is 1. The number of thiol groups is 1. The largest absolute Gasteiger partial charge is 0.363 e. The number of ketones is 1. The lowest BCUT2D eigenvalue weighted by Crippen LogP contribution is -2.35. The summed E-state index contributed by atoms with van der Waals surface area (Å²) in [6, 6.07) is 0. The quantitative estimate of drug-likeness (QED) is 0.238. The maximum absolute atomic E-state index is 10.2. The van der Waals surface area contributed by atoms with Crippen LogP contribution in [0.3, 0.4) is 0 Å². The van der Waals surface area contributed by atoms with Gasteiger partial charge in [0.05, 0.1) is 0 Å². The summed E-state index contributed by atoms with van der Waals surface area (Å²) < 4.78 is 0. The van der Waals surface area contributed by atoms with Crippen LogP contribution in [0.15, 0.2) is 0 Å². The van der Waals surface area contributed by atoms with Gasteiger partial charge >= 0.3 is 0 Å². The average molecular weight is 134 g/mol. The van der Waals surface area contributed by atoms with Crippen LogP contribution in [0.5, 0.6) is 0 Å². The fourth-order valence-electron chi connectivity index (χ4n) is 0.146. The third-order valence-corrected chi connectivity index (χ3v) is 0.746. The van der Waals surface area contributed by atoms with Gasteiger partial charge in [-0.05, 0) is 0 Å². The molecule has 0 aliphatic carbocycles. The molecule has 0 aromatic heterocycles. The standard InChI is InChI=1S/C3H6N2O2S/c4-2(7)1(6)3(5)8/h3,8H,5H2,(H2,4,7).